The highest BCUT2D eigenvalue weighted by Gasteiger charge is 2.28. The molecule has 3 rings (SSSR count). The topological polar surface area (TPSA) is 86.8 Å². The number of halogens is 1. The molecule has 2 aromatic rings. The molecular weight excluding hydrogens is 522 g/mol. The Bertz CT molecular complexity index is 1210. The smallest absolute Gasteiger partial charge is 0.242 e. The van der Waals surface area contributed by atoms with E-state index in [2.05, 4.69) is 5.32 Å². The molecular formula is C29H40ClN3O4S. The van der Waals surface area contributed by atoms with Crippen molar-refractivity contribution in [2.75, 3.05) is 17.1 Å². The van der Waals surface area contributed by atoms with Crippen LogP contribution in [0.3, 0.4) is 0 Å². The first-order valence-corrected chi connectivity index (χ1v) is 15.6. The van der Waals surface area contributed by atoms with Gasteiger partial charge in [-0.05, 0) is 74.9 Å². The first kappa shape index (κ1) is 30.0. The largest absolute Gasteiger partial charge is 0.352 e. The molecule has 1 atom stereocenters. The highest BCUT2D eigenvalue weighted by atomic mass is 35.5. The van der Waals surface area contributed by atoms with Gasteiger partial charge in [0.25, 0.3) is 0 Å². The van der Waals surface area contributed by atoms with Crippen LogP contribution in [-0.4, -0.2) is 50.0 Å². The van der Waals surface area contributed by atoms with Gasteiger partial charge in [-0.3, -0.25) is 13.9 Å². The molecule has 1 fully saturated rings. The maximum absolute atomic E-state index is 13.5. The van der Waals surface area contributed by atoms with Gasteiger partial charge >= 0.3 is 0 Å². The second kappa shape index (κ2) is 13.5. The number of hydrogen-bond donors (Lipinski definition) is 1. The molecule has 0 spiro atoms. The van der Waals surface area contributed by atoms with Crippen molar-refractivity contribution in [3.05, 3.63) is 64.2 Å². The first-order chi connectivity index (χ1) is 18.0. The lowest BCUT2D eigenvalue weighted by atomic mass is 9.95. The first-order valence-electron chi connectivity index (χ1n) is 13.4. The fourth-order valence-electron chi connectivity index (χ4n) is 4.93. The molecule has 0 aliphatic heterocycles. The molecule has 38 heavy (non-hydrogen) atoms. The summed E-state index contributed by atoms with van der Waals surface area (Å²) in [5.74, 6) is -0.354. The lowest BCUT2D eigenvalue weighted by Gasteiger charge is -2.31. The molecule has 1 aliphatic rings. The fraction of sp³-hybridized carbons (Fsp3) is 0.517. The zero-order valence-electron chi connectivity index (χ0n) is 22.9. The van der Waals surface area contributed by atoms with Crippen LogP contribution in [0.1, 0.15) is 68.6 Å². The van der Waals surface area contributed by atoms with E-state index in [9.17, 15) is 18.0 Å². The Kier molecular flexibility index (Phi) is 10.6. The van der Waals surface area contributed by atoms with Crippen LogP contribution in [0.4, 0.5) is 5.69 Å². The van der Waals surface area contributed by atoms with Crippen molar-refractivity contribution in [2.24, 2.45) is 0 Å². The SMILES string of the molecule is Cc1cccc(N(CCCC(=O)N(Cc2ccc(Cl)cc2)[C@H](C)C(=O)NC2CCCCC2)S(C)(=O)=O)c1C. The molecule has 0 saturated heterocycles. The van der Waals surface area contributed by atoms with Crippen molar-refractivity contribution in [1.82, 2.24) is 10.2 Å². The molecule has 0 unspecified atom stereocenters. The van der Waals surface area contributed by atoms with E-state index in [1.165, 1.54) is 17.0 Å². The molecule has 9 heteroatoms. The Balaban J connectivity index is 1.73. The van der Waals surface area contributed by atoms with Gasteiger partial charge in [-0.15, -0.1) is 0 Å². The lowest BCUT2D eigenvalue weighted by molar-refractivity contribution is -0.141. The number of aryl methyl sites for hydroxylation is 1. The predicted molar refractivity (Wildman–Crippen MR) is 154 cm³/mol. The number of anilines is 1. The van der Waals surface area contributed by atoms with Gasteiger partial charge in [-0.1, -0.05) is 55.1 Å². The Morgan fingerprint density at radius 2 is 1.71 bits per heavy atom. The predicted octanol–water partition coefficient (Wildman–Crippen LogP) is 5.37. The van der Waals surface area contributed by atoms with E-state index < -0.39 is 16.1 Å². The number of amides is 2. The second-order valence-electron chi connectivity index (χ2n) is 10.3. The lowest BCUT2D eigenvalue weighted by Crippen LogP contribution is -2.50. The summed E-state index contributed by atoms with van der Waals surface area (Å²) in [4.78, 5) is 28.2. The standard InChI is InChI=1S/C29H40ClN3O4S/c1-21-10-8-13-27(22(21)2)33(38(4,36)37)19-9-14-28(34)32(20-24-15-17-25(30)18-16-24)23(3)29(35)31-26-11-6-5-7-12-26/h8,10,13,15-18,23,26H,5-7,9,11-12,14,19-20H2,1-4H3,(H,31,35)/t23-/m1/s1. The summed E-state index contributed by atoms with van der Waals surface area (Å²) in [6.07, 6.45) is 6.94. The Labute approximate surface area is 232 Å². The van der Waals surface area contributed by atoms with E-state index >= 15 is 0 Å². The second-order valence-corrected chi connectivity index (χ2v) is 12.7. The fourth-order valence-corrected chi connectivity index (χ4v) is 6.07. The molecule has 2 aromatic carbocycles. The maximum atomic E-state index is 13.5. The minimum Gasteiger partial charge on any atom is -0.352 e. The Morgan fingerprint density at radius 3 is 2.34 bits per heavy atom. The van der Waals surface area contributed by atoms with Gasteiger partial charge in [0.1, 0.15) is 6.04 Å². The van der Waals surface area contributed by atoms with Gasteiger partial charge in [-0.25, -0.2) is 8.42 Å². The summed E-state index contributed by atoms with van der Waals surface area (Å²) >= 11 is 6.04. The molecule has 0 radical (unpaired) electrons. The van der Waals surface area contributed by atoms with Crippen molar-refractivity contribution in [2.45, 2.75) is 84.3 Å². The maximum Gasteiger partial charge on any atom is 0.242 e. The van der Waals surface area contributed by atoms with Gasteiger partial charge in [0, 0.05) is 30.6 Å². The summed E-state index contributed by atoms with van der Waals surface area (Å²) < 4.78 is 26.6. The van der Waals surface area contributed by atoms with Crippen LogP contribution in [0.15, 0.2) is 42.5 Å². The third-order valence-corrected chi connectivity index (χ3v) is 8.81. The van der Waals surface area contributed by atoms with Gasteiger partial charge in [0.05, 0.1) is 11.9 Å². The number of nitrogens with one attached hydrogen (secondary N) is 1. The quantitative estimate of drug-likeness (QED) is 0.399. The van der Waals surface area contributed by atoms with Crippen molar-refractivity contribution in [3.63, 3.8) is 0 Å². The molecule has 0 heterocycles. The van der Waals surface area contributed by atoms with Crippen LogP contribution in [0.2, 0.25) is 5.02 Å². The third-order valence-electron chi connectivity index (χ3n) is 7.38. The minimum absolute atomic E-state index is 0.117. The van der Waals surface area contributed by atoms with Crippen molar-refractivity contribution < 1.29 is 18.0 Å². The number of sulfonamides is 1. The molecule has 7 nitrogen and oxygen atoms in total. The monoisotopic (exact) mass is 561 g/mol. The van der Waals surface area contributed by atoms with Crippen molar-refractivity contribution >= 4 is 39.1 Å². The minimum atomic E-state index is -3.54. The summed E-state index contributed by atoms with van der Waals surface area (Å²) in [6.45, 7) is 6.03. The number of carbonyl (C=O) groups excluding carboxylic acids is 2. The van der Waals surface area contributed by atoms with Crippen LogP contribution in [0, 0.1) is 13.8 Å². The van der Waals surface area contributed by atoms with Crippen molar-refractivity contribution in [1.29, 1.82) is 0 Å². The number of benzene rings is 2. The van der Waals surface area contributed by atoms with Crippen LogP contribution in [-0.2, 0) is 26.2 Å². The third kappa shape index (κ3) is 8.21. The Morgan fingerprint density at radius 1 is 1.05 bits per heavy atom. The van der Waals surface area contributed by atoms with Crippen LogP contribution >= 0.6 is 11.6 Å². The van der Waals surface area contributed by atoms with Crippen LogP contribution < -0.4 is 9.62 Å². The zero-order chi connectivity index (χ0) is 27.9. The number of rotatable bonds is 11. The highest BCUT2D eigenvalue weighted by molar-refractivity contribution is 7.92. The summed E-state index contributed by atoms with van der Waals surface area (Å²) in [5.41, 5.74) is 3.38. The molecule has 0 bridgehead atoms. The van der Waals surface area contributed by atoms with E-state index in [1.807, 2.05) is 38.1 Å². The average molecular weight is 562 g/mol. The van der Waals surface area contributed by atoms with Gasteiger partial charge in [-0.2, -0.15) is 0 Å². The molecule has 2 amide bonds. The van der Waals surface area contributed by atoms with E-state index in [-0.39, 0.29) is 37.4 Å². The van der Waals surface area contributed by atoms with E-state index in [0.717, 1.165) is 42.4 Å². The number of nitrogens with zero attached hydrogens (tertiary/aromatic N) is 2. The molecule has 208 valence electrons. The molecule has 1 aliphatic carbocycles. The van der Waals surface area contributed by atoms with Crippen LogP contribution in [0.25, 0.3) is 0 Å². The van der Waals surface area contributed by atoms with E-state index in [4.69, 9.17) is 11.6 Å². The van der Waals surface area contributed by atoms with E-state index in [0.29, 0.717) is 17.1 Å². The average Bonchev–Trinajstić information content (AvgIpc) is 2.87. The summed E-state index contributed by atoms with van der Waals surface area (Å²) in [5, 5.41) is 3.73. The summed E-state index contributed by atoms with van der Waals surface area (Å²) in [6, 6.07) is 12.3. The number of carbonyl (C=O) groups is 2. The van der Waals surface area contributed by atoms with Gasteiger partial charge < -0.3 is 10.2 Å². The van der Waals surface area contributed by atoms with Gasteiger partial charge in [0.15, 0.2) is 0 Å². The normalized spacial score (nSPS) is 15.1. The van der Waals surface area contributed by atoms with Crippen molar-refractivity contribution in [3.8, 4) is 0 Å². The highest BCUT2D eigenvalue weighted by Crippen LogP contribution is 2.26. The van der Waals surface area contributed by atoms with Gasteiger partial charge in [0.2, 0.25) is 21.8 Å². The number of hydrogen-bond acceptors (Lipinski definition) is 4. The molecule has 1 saturated carbocycles. The summed E-state index contributed by atoms with van der Waals surface area (Å²) in [7, 11) is -3.54. The van der Waals surface area contributed by atoms with Crippen LogP contribution in [0.5, 0.6) is 0 Å². The van der Waals surface area contributed by atoms with E-state index in [1.54, 1.807) is 30.0 Å². The molecule has 1 N–H and O–H groups in total. The Hall–Kier alpha value is -2.58. The molecule has 0 aromatic heterocycles. The zero-order valence-corrected chi connectivity index (χ0v) is 24.4.